The van der Waals surface area contributed by atoms with Crippen molar-refractivity contribution in [2.24, 2.45) is 4.99 Å². The van der Waals surface area contributed by atoms with Gasteiger partial charge in [0.2, 0.25) is 5.91 Å². The SMILES string of the molecule is C#CCN=C(NCC)N1CCN(C(C)=O)CC1. The maximum Gasteiger partial charge on any atom is 0.219 e. The van der Waals surface area contributed by atoms with Crippen LogP contribution in [0.2, 0.25) is 0 Å². The third-order valence-corrected chi connectivity index (χ3v) is 2.68. The number of nitrogens with zero attached hydrogens (tertiary/aromatic N) is 3. The molecule has 0 unspecified atom stereocenters. The minimum absolute atomic E-state index is 0.134. The summed E-state index contributed by atoms with van der Waals surface area (Å²) in [5.41, 5.74) is 0. The van der Waals surface area contributed by atoms with Crippen molar-refractivity contribution in [3.63, 3.8) is 0 Å². The van der Waals surface area contributed by atoms with Crippen LogP contribution in [0.4, 0.5) is 0 Å². The van der Waals surface area contributed by atoms with Gasteiger partial charge in [0.05, 0.1) is 0 Å². The lowest BCUT2D eigenvalue weighted by Gasteiger charge is -2.36. The molecule has 5 heteroatoms. The summed E-state index contributed by atoms with van der Waals surface area (Å²) in [7, 11) is 0. The van der Waals surface area contributed by atoms with E-state index in [-0.39, 0.29) is 5.91 Å². The van der Waals surface area contributed by atoms with Crippen molar-refractivity contribution >= 4 is 11.9 Å². The average Bonchev–Trinajstić information content (AvgIpc) is 2.34. The van der Waals surface area contributed by atoms with Crippen LogP contribution in [0.5, 0.6) is 0 Å². The van der Waals surface area contributed by atoms with E-state index in [1.165, 1.54) is 0 Å². The molecule has 5 nitrogen and oxygen atoms in total. The molecular weight excluding hydrogens is 216 g/mol. The zero-order chi connectivity index (χ0) is 12.7. The first-order valence-corrected chi connectivity index (χ1v) is 5.91. The van der Waals surface area contributed by atoms with Gasteiger partial charge in [-0.25, -0.2) is 4.99 Å². The van der Waals surface area contributed by atoms with Crippen LogP contribution in [0.3, 0.4) is 0 Å². The Kier molecular flexibility index (Phi) is 5.34. The number of amides is 1. The summed E-state index contributed by atoms with van der Waals surface area (Å²) in [5.74, 6) is 3.48. The van der Waals surface area contributed by atoms with Crippen LogP contribution in [-0.2, 0) is 4.79 Å². The standard InChI is InChI=1S/C12H20N4O/c1-4-6-14-12(13-5-2)16-9-7-15(8-10-16)11(3)17/h1H,5-10H2,2-3H3,(H,13,14). The second kappa shape index (κ2) is 6.79. The fourth-order valence-electron chi connectivity index (χ4n) is 1.78. The van der Waals surface area contributed by atoms with Crippen molar-refractivity contribution in [2.45, 2.75) is 13.8 Å². The number of piperazine rings is 1. The van der Waals surface area contributed by atoms with Gasteiger partial charge in [0.1, 0.15) is 6.54 Å². The third-order valence-electron chi connectivity index (χ3n) is 2.68. The van der Waals surface area contributed by atoms with Gasteiger partial charge in [-0.05, 0) is 6.92 Å². The lowest BCUT2D eigenvalue weighted by atomic mass is 10.3. The zero-order valence-electron chi connectivity index (χ0n) is 10.6. The van der Waals surface area contributed by atoms with Crippen molar-refractivity contribution in [2.75, 3.05) is 39.3 Å². The molecule has 0 saturated carbocycles. The van der Waals surface area contributed by atoms with Crippen molar-refractivity contribution in [1.82, 2.24) is 15.1 Å². The van der Waals surface area contributed by atoms with Crippen LogP contribution < -0.4 is 5.32 Å². The van der Waals surface area contributed by atoms with E-state index in [0.717, 1.165) is 38.7 Å². The Morgan fingerprint density at radius 2 is 1.94 bits per heavy atom. The minimum Gasteiger partial charge on any atom is -0.356 e. The van der Waals surface area contributed by atoms with E-state index in [9.17, 15) is 4.79 Å². The highest BCUT2D eigenvalue weighted by molar-refractivity contribution is 5.80. The maximum absolute atomic E-state index is 11.2. The quantitative estimate of drug-likeness (QED) is 0.408. The van der Waals surface area contributed by atoms with E-state index in [1.54, 1.807) is 6.92 Å². The Morgan fingerprint density at radius 3 is 2.41 bits per heavy atom. The fourth-order valence-corrected chi connectivity index (χ4v) is 1.78. The van der Waals surface area contributed by atoms with Gasteiger partial charge in [0, 0.05) is 39.6 Å². The maximum atomic E-state index is 11.2. The summed E-state index contributed by atoms with van der Waals surface area (Å²) in [6.45, 7) is 7.92. The van der Waals surface area contributed by atoms with Crippen molar-refractivity contribution in [1.29, 1.82) is 0 Å². The largest absolute Gasteiger partial charge is 0.356 e. The number of hydrogen-bond donors (Lipinski definition) is 1. The number of aliphatic imine (C=N–C) groups is 1. The number of hydrogen-bond acceptors (Lipinski definition) is 2. The van der Waals surface area contributed by atoms with Crippen LogP contribution in [0.25, 0.3) is 0 Å². The van der Waals surface area contributed by atoms with Crippen molar-refractivity contribution < 1.29 is 4.79 Å². The molecule has 1 heterocycles. The van der Waals surface area contributed by atoms with Gasteiger partial charge in [-0.1, -0.05) is 5.92 Å². The Morgan fingerprint density at radius 1 is 1.35 bits per heavy atom. The number of rotatable bonds is 2. The molecule has 0 radical (unpaired) electrons. The molecule has 17 heavy (non-hydrogen) atoms. The van der Waals surface area contributed by atoms with E-state index in [4.69, 9.17) is 6.42 Å². The Balaban J connectivity index is 2.55. The minimum atomic E-state index is 0.134. The molecule has 1 fully saturated rings. The number of carbonyl (C=O) groups is 1. The van der Waals surface area contributed by atoms with E-state index < -0.39 is 0 Å². The molecule has 0 aliphatic carbocycles. The molecule has 0 aromatic carbocycles. The predicted octanol–water partition coefficient (Wildman–Crippen LogP) is -0.251. The van der Waals surface area contributed by atoms with E-state index >= 15 is 0 Å². The Labute approximate surface area is 103 Å². The molecule has 0 atom stereocenters. The molecule has 1 aliphatic rings. The summed E-state index contributed by atoms with van der Waals surface area (Å²) < 4.78 is 0. The number of terminal acetylenes is 1. The van der Waals surface area contributed by atoms with Crippen LogP contribution in [-0.4, -0.2) is 60.9 Å². The van der Waals surface area contributed by atoms with Gasteiger partial charge in [0.15, 0.2) is 5.96 Å². The predicted molar refractivity (Wildman–Crippen MR) is 68.6 cm³/mol. The lowest BCUT2D eigenvalue weighted by Crippen LogP contribution is -2.53. The van der Waals surface area contributed by atoms with Gasteiger partial charge in [-0.3, -0.25) is 4.79 Å². The molecule has 0 aromatic heterocycles. The molecule has 1 amide bonds. The van der Waals surface area contributed by atoms with Crippen LogP contribution >= 0.6 is 0 Å². The zero-order valence-corrected chi connectivity index (χ0v) is 10.6. The molecular formula is C12H20N4O. The summed E-state index contributed by atoms with van der Waals surface area (Å²) in [6, 6.07) is 0. The molecule has 1 saturated heterocycles. The Hall–Kier alpha value is -1.70. The first-order chi connectivity index (χ1) is 8.19. The van der Waals surface area contributed by atoms with E-state index in [1.807, 2.05) is 11.8 Å². The number of guanidine groups is 1. The fraction of sp³-hybridized carbons (Fsp3) is 0.667. The van der Waals surface area contributed by atoms with E-state index in [2.05, 4.69) is 21.1 Å². The van der Waals surface area contributed by atoms with Gasteiger partial charge < -0.3 is 15.1 Å². The molecule has 0 bridgehead atoms. The van der Waals surface area contributed by atoms with Crippen molar-refractivity contribution in [3.05, 3.63) is 0 Å². The van der Waals surface area contributed by atoms with Crippen LogP contribution in [0.15, 0.2) is 4.99 Å². The monoisotopic (exact) mass is 236 g/mol. The van der Waals surface area contributed by atoms with Crippen LogP contribution in [0, 0.1) is 12.3 Å². The van der Waals surface area contributed by atoms with Gasteiger partial charge in [0.25, 0.3) is 0 Å². The summed E-state index contributed by atoms with van der Waals surface area (Å²) in [5, 5.41) is 3.21. The highest BCUT2D eigenvalue weighted by Gasteiger charge is 2.20. The first kappa shape index (κ1) is 13.4. The highest BCUT2D eigenvalue weighted by Crippen LogP contribution is 2.02. The van der Waals surface area contributed by atoms with Gasteiger partial charge >= 0.3 is 0 Å². The molecule has 1 rings (SSSR count). The summed E-state index contributed by atoms with van der Waals surface area (Å²) >= 11 is 0. The Bertz CT molecular complexity index is 324. The normalized spacial score (nSPS) is 16.6. The molecule has 0 aromatic rings. The lowest BCUT2D eigenvalue weighted by molar-refractivity contribution is -0.130. The van der Waals surface area contributed by atoms with Gasteiger partial charge in [-0.2, -0.15) is 0 Å². The second-order valence-corrected chi connectivity index (χ2v) is 3.87. The number of nitrogens with one attached hydrogen (secondary N) is 1. The average molecular weight is 236 g/mol. The number of carbonyl (C=O) groups excluding carboxylic acids is 1. The van der Waals surface area contributed by atoms with E-state index in [0.29, 0.717) is 6.54 Å². The molecule has 1 aliphatic heterocycles. The summed E-state index contributed by atoms with van der Waals surface area (Å²) in [4.78, 5) is 19.5. The molecule has 1 N–H and O–H groups in total. The van der Waals surface area contributed by atoms with Crippen molar-refractivity contribution in [3.8, 4) is 12.3 Å². The molecule has 94 valence electrons. The highest BCUT2D eigenvalue weighted by atomic mass is 16.2. The topological polar surface area (TPSA) is 47.9 Å². The molecule has 0 spiro atoms. The second-order valence-electron chi connectivity index (χ2n) is 3.87. The third kappa shape index (κ3) is 3.99. The van der Waals surface area contributed by atoms with Crippen LogP contribution in [0.1, 0.15) is 13.8 Å². The summed E-state index contributed by atoms with van der Waals surface area (Å²) in [6.07, 6.45) is 5.21. The smallest absolute Gasteiger partial charge is 0.219 e. The van der Waals surface area contributed by atoms with Gasteiger partial charge in [-0.15, -0.1) is 6.42 Å². The first-order valence-electron chi connectivity index (χ1n) is 5.91.